The van der Waals surface area contributed by atoms with Crippen molar-refractivity contribution in [1.29, 1.82) is 0 Å². The van der Waals surface area contributed by atoms with Gasteiger partial charge in [-0.05, 0) is 36.6 Å². The van der Waals surface area contributed by atoms with E-state index in [1.54, 1.807) is 7.11 Å². The minimum absolute atomic E-state index is 0.156. The van der Waals surface area contributed by atoms with Gasteiger partial charge in [-0.1, -0.05) is 39.8 Å². The van der Waals surface area contributed by atoms with Crippen molar-refractivity contribution in [1.82, 2.24) is 4.90 Å². The van der Waals surface area contributed by atoms with Crippen LogP contribution in [0, 0.1) is 5.41 Å². The summed E-state index contributed by atoms with van der Waals surface area (Å²) in [4.78, 5) is 2.36. The average molecular weight is 278 g/mol. The molecular weight excluding hydrogens is 248 g/mol. The quantitative estimate of drug-likeness (QED) is 0.868. The molecule has 2 unspecified atom stereocenters. The second-order valence-electron chi connectivity index (χ2n) is 6.65. The van der Waals surface area contributed by atoms with Gasteiger partial charge in [0.2, 0.25) is 0 Å². The highest BCUT2D eigenvalue weighted by Crippen LogP contribution is 2.28. The van der Waals surface area contributed by atoms with Gasteiger partial charge in [0.1, 0.15) is 5.75 Å². The smallest absolute Gasteiger partial charge is 0.119 e. The Morgan fingerprint density at radius 1 is 1.30 bits per heavy atom. The van der Waals surface area contributed by atoms with Crippen LogP contribution in [0.4, 0.5) is 0 Å². The molecule has 3 heteroatoms. The third kappa shape index (κ3) is 4.50. The number of methoxy groups -OCH3 is 1. The molecule has 0 spiro atoms. The van der Waals surface area contributed by atoms with E-state index in [0.717, 1.165) is 18.7 Å². The minimum atomic E-state index is 0.156. The Morgan fingerprint density at radius 2 is 1.95 bits per heavy atom. The summed E-state index contributed by atoms with van der Waals surface area (Å²) in [5.74, 6) is 0.906. The van der Waals surface area contributed by atoms with E-state index in [1.807, 2.05) is 12.1 Å². The summed E-state index contributed by atoms with van der Waals surface area (Å²) >= 11 is 0. The zero-order chi connectivity index (χ0) is 15.3. The lowest BCUT2D eigenvalue weighted by atomic mass is 9.80. The molecule has 20 heavy (non-hydrogen) atoms. The summed E-state index contributed by atoms with van der Waals surface area (Å²) in [6.45, 7) is 9.81. The van der Waals surface area contributed by atoms with Gasteiger partial charge in [-0.15, -0.1) is 0 Å². The van der Waals surface area contributed by atoms with Crippen LogP contribution < -0.4 is 10.5 Å². The van der Waals surface area contributed by atoms with Gasteiger partial charge in [0.15, 0.2) is 0 Å². The van der Waals surface area contributed by atoms with E-state index in [0.29, 0.717) is 6.04 Å². The third-order valence-corrected chi connectivity index (χ3v) is 3.81. The topological polar surface area (TPSA) is 38.5 Å². The number of rotatable bonds is 6. The molecule has 0 amide bonds. The molecular formula is C17H30N2O. The van der Waals surface area contributed by atoms with E-state index < -0.39 is 0 Å². The summed E-state index contributed by atoms with van der Waals surface area (Å²) in [6, 6.07) is 8.77. The largest absolute Gasteiger partial charge is 0.497 e. The lowest BCUT2D eigenvalue weighted by Crippen LogP contribution is -2.52. The Bertz CT molecular complexity index is 412. The maximum atomic E-state index is 6.35. The molecule has 0 bridgehead atoms. The number of nitrogens with zero attached hydrogens (tertiary/aromatic N) is 1. The SMILES string of the molecule is CCC(N)C(N(C)Cc1cccc(OC)c1)C(C)(C)C. The minimum Gasteiger partial charge on any atom is -0.497 e. The first kappa shape index (κ1) is 17.0. The summed E-state index contributed by atoms with van der Waals surface area (Å²) < 4.78 is 5.29. The maximum Gasteiger partial charge on any atom is 0.119 e. The van der Waals surface area contributed by atoms with Crippen LogP contribution in [0.3, 0.4) is 0 Å². The van der Waals surface area contributed by atoms with Crippen LogP contribution in [-0.4, -0.2) is 31.1 Å². The van der Waals surface area contributed by atoms with E-state index in [1.165, 1.54) is 5.56 Å². The maximum absolute atomic E-state index is 6.35. The van der Waals surface area contributed by atoms with Crippen LogP contribution in [0.1, 0.15) is 39.7 Å². The number of hydrogen-bond acceptors (Lipinski definition) is 3. The van der Waals surface area contributed by atoms with Crippen LogP contribution in [0.2, 0.25) is 0 Å². The highest BCUT2D eigenvalue weighted by atomic mass is 16.5. The summed E-state index contributed by atoms with van der Waals surface area (Å²) in [7, 11) is 3.86. The van der Waals surface area contributed by atoms with Crippen LogP contribution >= 0.6 is 0 Å². The predicted molar refractivity (Wildman–Crippen MR) is 86.0 cm³/mol. The Hall–Kier alpha value is -1.06. The van der Waals surface area contributed by atoms with E-state index in [4.69, 9.17) is 10.5 Å². The summed E-state index contributed by atoms with van der Waals surface area (Å²) in [5.41, 5.74) is 7.76. The molecule has 0 heterocycles. The molecule has 3 nitrogen and oxygen atoms in total. The third-order valence-electron chi connectivity index (χ3n) is 3.81. The van der Waals surface area contributed by atoms with E-state index in [2.05, 4.69) is 51.8 Å². The van der Waals surface area contributed by atoms with Crippen molar-refractivity contribution in [3.05, 3.63) is 29.8 Å². The number of nitrogens with two attached hydrogens (primary N) is 1. The van der Waals surface area contributed by atoms with Gasteiger partial charge in [0.05, 0.1) is 7.11 Å². The fourth-order valence-electron chi connectivity index (χ4n) is 3.01. The van der Waals surface area contributed by atoms with E-state index >= 15 is 0 Å². The molecule has 0 aliphatic carbocycles. The summed E-state index contributed by atoms with van der Waals surface area (Å²) in [6.07, 6.45) is 0.990. The highest BCUT2D eigenvalue weighted by molar-refractivity contribution is 5.28. The number of ether oxygens (including phenoxy) is 1. The molecule has 0 saturated heterocycles. The zero-order valence-corrected chi connectivity index (χ0v) is 13.8. The number of hydrogen-bond donors (Lipinski definition) is 1. The van der Waals surface area contributed by atoms with Gasteiger partial charge in [-0.25, -0.2) is 0 Å². The molecule has 1 rings (SSSR count). The first-order valence-corrected chi connectivity index (χ1v) is 7.38. The molecule has 114 valence electrons. The Morgan fingerprint density at radius 3 is 2.45 bits per heavy atom. The molecule has 1 aromatic rings. The van der Waals surface area contributed by atoms with E-state index in [9.17, 15) is 0 Å². The number of benzene rings is 1. The lowest BCUT2D eigenvalue weighted by molar-refractivity contribution is 0.0938. The van der Waals surface area contributed by atoms with Gasteiger partial charge in [-0.2, -0.15) is 0 Å². The van der Waals surface area contributed by atoms with Crippen LogP contribution in [-0.2, 0) is 6.54 Å². The number of likely N-dealkylation sites (N-methyl/N-ethyl adjacent to an activating group) is 1. The molecule has 0 fully saturated rings. The zero-order valence-electron chi connectivity index (χ0n) is 13.8. The molecule has 1 aromatic carbocycles. The second kappa shape index (κ2) is 7.09. The van der Waals surface area contributed by atoms with Gasteiger partial charge in [0.25, 0.3) is 0 Å². The van der Waals surface area contributed by atoms with Gasteiger partial charge in [0, 0.05) is 18.6 Å². The highest BCUT2D eigenvalue weighted by Gasteiger charge is 2.32. The van der Waals surface area contributed by atoms with Crippen LogP contribution in [0.15, 0.2) is 24.3 Å². The summed E-state index contributed by atoms with van der Waals surface area (Å²) in [5, 5.41) is 0. The molecule has 2 atom stereocenters. The van der Waals surface area contributed by atoms with Crippen LogP contribution in [0.25, 0.3) is 0 Å². The van der Waals surface area contributed by atoms with Crippen molar-refractivity contribution < 1.29 is 4.74 Å². The molecule has 0 aliphatic heterocycles. The second-order valence-corrected chi connectivity index (χ2v) is 6.65. The first-order chi connectivity index (χ1) is 9.29. The fourth-order valence-corrected chi connectivity index (χ4v) is 3.01. The average Bonchev–Trinajstić information content (AvgIpc) is 2.37. The molecule has 0 aliphatic rings. The standard InChI is InChI=1S/C17H30N2O/c1-7-15(18)16(17(2,3)4)19(5)12-13-9-8-10-14(11-13)20-6/h8-11,15-16H,7,12,18H2,1-6H3. The molecule has 0 saturated carbocycles. The van der Waals surface area contributed by atoms with Crippen molar-refractivity contribution >= 4 is 0 Å². The first-order valence-electron chi connectivity index (χ1n) is 7.38. The predicted octanol–water partition coefficient (Wildman–Crippen LogP) is 3.28. The van der Waals surface area contributed by atoms with Gasteiger partial charge >= 0.3 is 0 Å². The molecule has 0 aromatic heterocycles. The lowest BCUT2D eigenvalue weighted by Gasteiger charge is -2.41. The Labute approximate surface area is 124 Å². The normalized spacial score (nSPS) is 15.2. The van der Waals surface area contributed by atoms with Crippen LogP contribution in [0.5, 0.6) is 5.75 Å². The van der Waals surface area contributed by atoms with Crippen molar-refractivity contribution in [3.63, 3.8) is 0 Å². The van der Waals surface area contributed by atoms with E-state index in [-0.39, 0.29) is 11.5 Å². The molecule has 2 N–H and O–H groups in total. The van der Waals surface area contributed by atoms with Crippen molar-refractivity contribution in [2.45, 2.75) is 52.7 Å². The van der Waals surface area contributed by atoms with Crippen molar-refractivity contribution in [2.24, 2.45) is 11.1 Å². The van der Waals surface area contributed by atoms with Gasteiger partial charge in [-0.3, -0.25) is 4.90 Å². The van der Waals surface area contributed by atoms with Crippen molar-refractivity contribution in [3.8, 4) is 5.75 Å². The Kier molecular flexibility index (Phi) is 6.03. The van der Waals surface area contributed by atoms with Gasteiger partial charge < -0.3 is 10.5 Å². The van der Waals surface area contributed by atoms with Crippen molar-refractivity contribution in [2.75, 3.05) is 14.2 Å². The Balaban J connectivity index is 2.87. The monoisotopic (exact) mass is 278 g/mol. The fraction of sp³-hybridized carbons (Fsp3) is 0.647. The molecule has 0 radical (unpaired) electrons.